The first-order valence-corrected chi connectivity index (χ1v) is 6.70. The van der Waals surface area contributed by atoms with Gasteiger partial charge in [-0.3, -0.25) is 4.98 Å². The van der Waals surface area contributed by atoms with Crippen molar-refractivity contribution in [2.45, 2.75) is 11.8 Å². The molecule has 0 N–H and O–H groups in total. The monoisotopic (exact) mass is 298 g/mol. The molecule has 2 bridgehead atoms. The van der Waals surface area contributed by atoms with Gasteiger partial charge in [0.1, 0.15) is 0 Å². The number of halogens is 2. The van der Waals surface area contributed by atoms with Crippen LogP contribution in [0.15, 0.2) is 28.5 Å². The zero-order valence-corrected chi connectivity index (χ0v) is 11.1. The van der Waals surface area contributed by atoms with Crippen molar-refractivity contribution < 1.29 is 0 Å². The number of hydrogen-bond donors (Lipinski definition) is 0. The number of aromatic nitrogens is 1. The van der Waals surface area contributed by atoms with E-state index in [9.17, 15) is 0 Å². The van der Waals surface area contributed by atoms with Crippen molar-refractivity contribution in [2.75, 3.05) is 13.1 Å². The molecular weight excluding hydrogens is 288 g/mol. The first kappa shape index (κ1) is 10.6. The van der Waals surface area contributed by atoms with Gasteiger partial charge in [-0.05, 0) is 46.5 Å². The molecule has 3 heterocycles. The maximum atomic E-state index is 6.42. The van der Waals surface area contributed by atoms with Gasteiger partial charge in [0.05, 0.1) is 11.1 Å². The minimum absolute atomic E-state index is 0.169. The average molecular weight is 300 g/mol. The van der Waals surface area contributed by atoms with Crippen LogP contribution in [0, 0.1) is 5.92 Å². The van der Waals surface area contributed by atoms with Gasteiger partial charge in [-0.25, -0.2) is 0 Å². The Kier molecular flexibility index (Phi) is 2.68. The normalized spacial score (nSPS) is 30.4. The largest absolute Gasteiger partial charge is 0.373 e. The summed E-state index contributed by atoms with van der Waals surface area (Å²) in [6, 6.07) is 3.93. The van der Waals surface area contributed by atoms with Gasteiger partial charge in [-0.1, -0.05) is 0 Å². The fourth-order valence-electron chi connectivity index (χ4n) is 2.49. The molecule has 2 atom stereocenters. The minimum Gasteiger partial charge on any atom is -0.373 e. The summed E-state index contributed by atoms with van der Waals surface area (Å²) in [4.78, 5) is 6.73. The molecule has 0 saturated carbocycles. The summed E-state index contributed by atoms with van der Waals surface area (Å²) >= 11 is 9.93. The maximum absolute atomic E-state index is 6.42. The van der Waals surface area contributed by atoms with Crippen molar-refractivity contribution >= 4 is 33.6 Å². The summed E-state index contributed by atoms with van der Waals surface area (Å²) in [5.41, 5.74) is 2.20. The minimum atomic E-state index is 0.169. The summed E-state index contributed by atoms with van der Waals surface area (Å²) in [6.07, 6.45) is 5.15. The van der Waals surface area contributed by atoms with Gasteiger partial charge in [0.15, 0.2) is 0 Å². The molecule has 0 spiro atoms. The van der Waals surface area contributed by atoms with Crippen LogP contribution in [-0.4, -0.2) is 28.4 Å². The number of alkyl halides is 1. The van der Waals surface area contributed by atoms with Crippen molar-refractivity contribution in [1.29, 1.82) is 0 Å². The van der Waals surface area contributed by atoms with E-state index in [1.165, 1.54) is 12.1 Å². The molecule has 1 aromatic rings. The Balaban J connectivity index is 1.96. The number of hydrogen-bond acceptors (Lipinski definition) is 2. The second kappa shape index (κ2) is 4.04. The highest BCUT2D eigenvalue weighted by atomic mass is 79.9. The highest BCUT2D eigenvalue weighted by Gasteiger charge is 2.40. The molecule has 0 aliphatic carbocycles. The van der Waals surface area contributed by atoms with E-state index in [1.54, 1.807) is 0 Å². The highest BCUT2D eigenvalue weighted by Crippen LogP contribution is 2.40. The Labute approximate surface area is 108 Å². The molecule has 16 heavy (non-hydrogen) atoms. The van der Waals surface area contributed by atoms with E-state index in [2.05, 4.69) is 31.9 Å². The molecule has 1 aromatic heterocycles. The summed E-state index contributed by atoms with van der Waals surface area (Å²) < 4.78 is 1.02. The van der Waals surface area contributed by atoms with E-state index >= 15 is 0 Å². The van der Waals surface area contributed by atoms with Crippen LogP contribution in [0.25, 0.3) is 6.08 Å². The number of nitrogens with zero attached hydrogens (tertiary/aromatic N) is 2. The number of fused-ring (bicyclic) bond motifs is 2. The Hall–Kier alpha value is -0.540. The van der Waals surface area contributed by atoms with Gasteiger partial charge in [-0.15, -0.1) is 11.6 Å². The molecular formula is C12H12BrClN2. The van der Waals surface area contributed by atoms with Gasteiger partial charge in [0.25, 0.3) is 0 Å². The third-order valence-corrected chi connectivity index (χ3v) is 4.61. The Morgan fingerprint density at radius 3 is 3.12 bits per heavy atom. The predicted octanol–water partition coefficient (Wildman–Crippen LogP) is 3.13. The lowest BCUT2D eigenvalue weighted by Gasteiger charge is -2.22. The number of allylic oxidation sites excluding steroid dienone is 1. The molecule has 0 amide bonds. The third kappa shape index (κ3) is 1.66. The van der Waals surface area contributed by atoms with Gasteiger partial charge >= 0.3 is 0 Å². The second-order valence-corrected chi connectivity index (χ2v) is 5.66. The van der Waals surface area contributed by atoms with Crippen molar-refractivity contribution in [3.8, 4) is 0 Å². The molecule has 3 rings (SSSR count). The number of rotatable bonds is 1. The lowest BCUT2D eigenvalue weighted by atomic mass is 10.0. The predicted molar refractivity (Wildman–Crippen MR) is 69.2 cm³/mol. The number of pyridine rings is 1. The van der Waals surface area contributed by atoms with Crippen molar-refractivity contribution in [3.05, 3.63) is 34.2 Å². The fraction of sp³-hybridized carbons (Fsp3) is 0.417. The molecule has 2 fully saturated rings. The quantitative estimate of drug-likeness (QED) is 0.741. The molecule has 2 saturated heterocycles. The highest BCUT2D eigenvalue weighted by molar-refractivity contribution is 9.10. The van der Waals surface area contributed by atoms with Crippen LogP contribution < -0.4 is 0 Å². The summed E-state index contributed by atoms with van der Waals surface area (Å²) in [7, 11) is 0. The van der Waals surface area contributed by atoms with Crippen LogP contribution in [0.3, 0.4) is 0 Å². The molecule has 2 nitrogen and oxygen atoms in total. The Bertz CT molecular complexity index is 442. The van der Waals surface area contributed by atoms with E-state index in [1.807, 2.05) is 18.3 Å². The van der Waals surface area contributed by atoms with Crippen LogP contribution in [-0.2, 0) is 0 Å². The van der Waals surface area contributed by atoms with Crippen LogP contribution in [0.2, 0.25) is 0 Å². The van der Waals surface area contributed by atoms with E-state index < -0.39 is 0 Å². The lowest BCUT2D eigenvalue weighted by molar-refractivity contribution is 0.446. The summed E-state index contributed by atoms with van der Waals surface area (Å²) in [5, 5.41) is 0.169. The Morgan fingerprint density at radius 2 is 2.44 bits per heavy atom. The SMILES string of the molecule is ClC1C(=Cc2ncccc2Br)N2CCC1C2. The van der Waals surface area contributed by atoms with E-state index in [-0.39, 0.29) is 5.38 Å². The smallest absolute Gasteiger partial charge is 0.0789 e. The third-order valence-electron chi connectivity index (χ3n) is 3.36. The molecule has 2 aliphatic rings. The van der Waals surface area contributed by atoms with Crippen LogP contribution in [0.4, 0.5) is 0 Å². The maximum Gasteiger partial charge on any atom is 0.0789 e. The molecule has 0 radical (unpaired) electrons. The summed E-state index contributed by atoms with van der Waals surface area (Å²) in [6.45, 7) is 2.26. The van der Waals surface area contributed by atoms with Crippen LogP contribution in [0.5, 0.6) is 0 Å². The van der Waals surface area contributed by atoms with Crippen LogP contribution in [0.1, 0.15) is 12.1 Å². The standard InChI is InChI=1S/C12H12BrClN2/c13-9-2-1-4-15-10(9)6-11-12(14)8-3-5-16(11)7-8/h1-2,4,6,8,12H,3,5,7H2. The zero-order valence-electron chi connectivity index (χ0n) is 8.74. The molecule has 84 valence electrons. The first-order valence-electron chi connectivity index (χ1n) is 5.47. The van der Waals surface area contributed by atoms with Gasteiger partial charge < -0.3 is 4.90 Å². The summed E-state index contributed by atoms with van der Waals surface area (Å²) in [5.74, 6) is 0.635. The fourth-order valence-corrected chi connectivity index (χ4v) is 3.27. The first-order chi connectivity index (χ1) is 7.75. The lowest BCUT2D eigenvalue weighted by Crippen LogP contribution is -2.21. The van der Waals surface area contributed by atoms with E-state index in [0.29, 0.717) is 5.92 Å². The molecule has 2 aliphatic heterocycles. The van der Waals surface area contributed by atoms with Gasteiger partial charge in [0.2, 0.25) is 0 Å². The van der Waals surface area contributed by atoms with E-state index in [4.69, 9.17) is 11.6 Å². The number of piperidine rings is 1. The molecule has 2 unspecified atom stereocenters. The molecule has 4 heteroatoms. The van der Waals surface area contributed by atoms with E-state index in [0.717, 1.165) is 23.3 Å². The van der Waals surface area contributed by atoms with Crippen molar-refractivity contribution in [3.63, 3.8) is 0 Å². The molecule has 0 aromatic carbocycles. The second-order valence-electron chi connectivity index (χ2n) is 4.34. The van der Waals surface area contributed by atoms with Gasteiger partial charge in [0, 0.05) is 29.5 Å². The zero-order chi connectivity index (χ0) is 11.1. The average Bonchev–Trinajstić information content (AvgIpc) is 2.85. The van der Waals surface area contributed by atoms with Crippen molar-refractivity contribution in [2.24, 2.45) is 5.92 Å². The van der Waals surface area contributed by atoms with Crippen molar-refractivity contribution in [1.82, 2.24) is 9.88 Å². The van der Waals surface area contributed by atoms with Gasteiger partial charge in [-0.2, -0.15) is 0 Å². The Morgan fingerprint density at radius 1 is 1.56 bits per heavy atom. The topological polar surface area (TPSA) is 16.1 Å². The van der Waals surface area contributed by atoms with Crippen LogP contribution >= 0.6 is 27.5 Å².